The van der Waals surface area contributed by atoms with Crippen molar-refractivity contribution < 1.29 is 22.3 Å². The fourth-order valence-electron chi connectivity index (χ4n) is 2.98. The molecule has 1 aromatic heterocycles. The van der Waals surface area contributed by atoms with E-state index in [4.69, 9.17) is 4.74 Å². The number of benzene rings is 3. The Morgan fingerprint density at radius 3 is 2.32 bits per heavy atom. The minimum Gasteiger partial charge on any atom is -0.491 e. The molecule has 4 rings (SSSR count). The van der Waals surface area contributed by atoms with Crippen molar-refractivity contribution in [2.45, 2.75) is 6.92 Å². The van der Waals surface area contributed by atoms with Gasteiger partial charge in [-0.3, -0.25) is 0 Å². The molecule has 0 fully saturated rings. The first kappa shape index (κ1) is 20.4. The number of halogens is 4. The zero-order valence-corrected chi connectivity index (χ0v) is 16.2. The molecule has 3 aromatic carbocycles. The van der Waals surface area contributed by atoms with Crippen molar-refractivity contribution in [3.8, 4) is 29.0 Å². The lowest BCUT2D eigenvalue weighted by molar-refractivity contribution is 0.337. The standard InChI is InChI=1S/C24H14F4N2O/c1-2-31-18-12-29-24(30-13-18)16-7-6-15(20(25)10-16)5-3-14-4-8-19-17(9-14)11-21(26)23(28)22(19)27/h4,6-13H,2H2,1H3. The number of aromatic nitrogens is 2. The van der Waals surface area contributed by atoms with Crippen LogP contribution in [0.3, 0.4) is 0 Å². The van der Waals surface area contributed by atoms with Gasteiger partial charge < -0.3 is 4.74 Å². The number of rotatable bonds is 3. The van der Waals surface area contributed by atoms with Crippen LogP contribution in [0.1, 0.15) is 18.1 Å². The van der Waals surface area contributed by atoms with E-state index in [1.165, 1.54) is 42.7 Å². The van der Waals surface area contributed by atoms with Gasteiger partial charge in [0.15, 0.2) is 29.0 Å². The molecular weight excluding hydrogens is 408 g/mol. The maximum Gasteiger partial charge on any atom is 0.195 e. The second kappa shape index (κ2) is 8.44. The van der Waals surface area contributed by atoms with Gasteiger partial charge in [-0.1, -0.05) is 17.9 Å². The third kappa shape index (κ3) is 4.19. The maximum atomic E-state index is 14.5. The quantitative estimate of drug-likeness (QED) is 0.243. The van der Waals surface area contributed by atoms with Crippen LogP contribution in [0.25, 0.3) is 22.2 Å². The minimum absolute atomic E-state index is 0.0599. The topological polar surface area (TPSA) is 35.0 Å². The summed E-state index contributed by atoms with van der Waals surface area (Å²) in [5.41, 5.74) is 1.01. The Morgan fingerprint density at radius 2 is 1.61 bits per heavy atom. The average molecular weight is 422 g/mol. The monoisotopic (exact) mass is 422 g/mol. The third-order valence-electron chi connectivity index (χ3n) is 4.48. The Bertz CT molecular complexity index is 1340. The summed E-state index contributed by atoms with van der Waals surface area (Å²) < 4.78 is 60.4. The lowest BCUT2D eigenvalue weighted by atomic mass is 10.1. The number of fused-ring (bicyclic) bond motifs is 1. The zero-order chi connectivity index (χ0) is 22.0. The Morgan fingerprint density at radius 1 is 0.839 bits per heavy atom. The van der Waals surface area contributed by atoms with E-state index in [1.54, 1.807) is 6.07 Å². The van der Waals surface area contributed by atoms with Crippen LogP contribution >= 0.6 is 0 Å². The van der Waals surface area contributed by atoms with Gasteiger partial charge in [-0.25, -0.2) is 27.5 Å². The maximum absolute atomic E-state index is 14.5. The molecule has 0 atom stereocenters. The summed E-state index contributed by atoms with van der Waals surface area (Å²) in [6, 6.07) is 9.46. The molecule has 3 nitrogen and oxygen atoms in total. The van der Waals surface area contributed by atoms with Crippen molar-refractivity contribution in [1.82, 2.24) is 9.97 Å². The number of hydrogen-bond donors (Lipinski definition) is 0. The Hall–Kier alpha value is -3.92. The van der Waals surface area contributed by atoms with Crippen LogP contribution in [-0.4, -0.2) is 16.6 Å². The molecule has 0 unspecified atom stereocenters. The van der Waals surface area contributed by atoms with Crippen LogP contribution in [0.2, 0.25) is 0 Å². The molecule has 0 N–H and O–H groups in total. The van der Waals surface area contributed by atoms with Gasteiger partial charge in [0.1, 0.15) is 5.82 Å². The molecule has 0 saturated carbocycles. The Kier molecular flexibility index (Phi) is 5.54. The highest BCUT2D eigenvalue weighted by atomic mass is 19.2. The number of ether oxygens (including phenoxy) is 1. The lowest BCUT2D eigenvalue weighted by Crippen LogP contribution is -1.95. The molecule has 0 amide bonds. The minimum atomic E-state index is -1.52. The van der Waals surface area contributed by atoms with Gasteiger partial charge in [-0.05, 0) is 48.7 Å². The molecule has 31 heavy (non-hydrogen) atoms. The second-order valence-corrected chi connectivity index (χ2v) is 6.54. The van der Waals surface area contributed by atoms with Crippen molar-refractivity contribution in [2.24, 2.45) is 0 Å². The van der Waals surface area contributed by atoms with Gasteiger partial charge in [0.2, 0.25) is 0 Å². The van der Waals surface area contributed by atoms with Gasteiger partial charge in [0, 0.05) is 16.5 Å². The van der Waals surface area contributed by atoms with E-state index in [1.807, 2.05) is 6.92 Å². The Labute approximate surface area is 175 Å². The van der Waals surface area contributed by atoms with Crippen LogP contribution in [0.15, 0.2) is 54.9 Å². The average Bonchev–Trinajstić information content (AvgIpc) is 2.77. The van der Waals surface area contributed by atoms with E-state index in [2.05, 4.69) is 21.8 Å². The summed E-state index contributed by atoms with van der Waals surface area (Å²) in [4.78, 5) is 8.31. The SMILES string of the molecule is CCOc1cnc(-c2ccc(C#Cc3ccc4c(F)c(F)c(F)cc4c3)c(F)c2)nc1. The number of hydrogen-bond acceptors (Lipinski definition) is 3. The molecule has 7 heteroatoms. The summed E-state index contributed by atoms with van der Waals surface area (Å²) in [5, 5.41) is 0.0991. The highest BCUT2D eigenvalue weighted by Gasteiger charge is 2.13. The van der Waals surface area contributed by atoms with E-state index in [0.29, 0.717) is 29.3 Å². The molecule has 4 aromatic rings. The van der Waals surface area contributed by atoms with Gasteiger partial charge in [-0.15, -0.1) is 0 Å². The molecule has 0 aliphatic rings. The van der Waals surface area contributed by atoms with Crippen LogP contribution < -0.4 is 4.74 Å². The number of nitrogens with zero attached hydrogens (tertiary/aromatic N) is 2. The van der Waals surface area contributed by atoms with Crippen molar-refractivity contribution in [3.63, 3.8) is 0 Å². The summed E-state index contributed by atoms with van der Waals surface area (Å²) in [5.74, 6) is 1.67. The summed E-state index contributed by atoms with van der Waals surface area (Å²) in [7, 11) is 0. The summed E-state index contributed by atoms with van der Waals surface area (Å²) in [6.07, 6.45) is 3.02. The second-order valence-electron chi connectivity index (χ2n) is 6.54. The molecular formula is C24H14F4N2O. The first-order chi connectivity index (χ1) is 15.0. The van der Waals surface area contributed by atoms with Crippen molar-refractivity contribution in [3.05, 3.63) is 89.3 Å². The van der Waals surface area contributed by atoms with E-state index >= 15 is 0 Å². The van der Waals surface area contributed by atoms with E-state index in [9.17, 15) is 17.6 Å². The molecule has 0 saturated heterocycles. The first-order valence-corrected chi connectivity index (χ1v) is 9.30. The van der Waals surface area contributed by atoms with Gasteiger partial charge >= 0.3 is 0 Å². The van der Waals surface area contributed by atoms with Crippen molar-refractivity contribution in [1.29, 1.82) is 0 Å². The van der Waals surface area contributed by atoms with Crippen LogP contribution in [0.5, 0.6) is 5.75 Å². The predicted molar refractivity (Wildman–Crippen MR) is 108 cm³/mol. The highest BCUT2D eigenvalue weighted by molar-refractivity contribution is 5.84. The highest BCUT2D eigenvalue weighted by Crippen LogP contribution is 2.24. The van der Waals surface area contributed by atoms with Crippen LogP contribution in [0.4, 0.5) is 17.6 Å². The summed E-state index contributed by atoms with van der Waals surface area (Å²) in [6.45, 7) is 2.33. The van der Waals surface area contributed by atoms with Crippen LogP contribution in [0, 0.1) is 35.1 Å². The molecule has 0 radical (unpaired) electrons. The largest absolute Gasteiger partial charge is 0.491 e. The first-order valence-electron chi connectivity index (χ1n) is 9.30. The summed E-state index contributed by atoms with van der Waals surface area (Å²) >= 11 is 0. The lowest BCUT2D eigenvalue weighted by Gasteiger charge is -2.04. The molecule has 0 bridgehead atoms. The molecule has 0 aliphatic heterocycles. The van der Waals surface area contributed by atoms with Crippen molar-refractivity contribution in [2.75, 3.05) is 6.61 Å². The van der Waals surface area contributed by atoms with E-state index < -0.39 is 23.3 Å². The smallest absolute Gasteiger partial charge is 0.195 e. The van der Waals surface area contributed by atoms with E-state index in [0.717, 1.165) is 6.07 Å². The van der Waals surface area contributed by atoms with Crippen LogP contribution in [-0.2, 0) is 0 Å². The molecule has 154 valence electrons. The molecule has 0 aliphatic carbocycles. The predicted octanol–water partition coefficient (Wildman–Crippen LogP) is 5.65. The normalized spacial score (nSPS) is 10.6. The van der Waals surface area contributed by atoms with Gasteiger partial charge in [0.05, 0.1) is 24.6 Å². The fourth-order valence-corrected chi connectivity index (χ4v) is 2.98. The van der Waals surface area contributed by atoms with Gasteiger partial charge in [0.25, 0.3) is 0 Å². The van der Waals surface area contributed by atoms with Gasteiger partial charge in [-0.2, -0.15) is 0 Å². The Balaban J connectivity index is 1.61. The third-order valence-corrected chi connectivity index (χ3v) is 4.48. The zero-order valence-electron chi connectivity index (χ0n) is 16.2. The van der Waals surface area contributed by atoms with E-state index in [-0.39, 0.29) is 16.3 Å². The van der Waals surface area contributed by atoms with Crippen molar-refractivity contribution >= 4 is 10.8 Å². The fraction of sp³-hybridized carbons (Fsp3) is 0.0833. The molecule has 1 heterocycles. The molecule has 0 spiro atoms.